The Morgan fingerprint density at radius 3 is 2.72 bits per heavy atom. The summed E-state index contributed by atoms with van der Waals surface area (Å²) in [5, 5.41) is 11.3. The molecule has 0 bridgehead atoms. The standard InChI is InChI=1S/C14H14N4/c1-9-2-4-11(5-3-9)17-14-7-13-10(6-12(14)15)8-16-18-13/h2-8,17H,15H2,1H3,(H,16,18). The molecule has 3 rings (SSSR count). The predicted molar refractivity (Wildman–Crippen MR) is 75.0 cm³/mol. The minimum Gasteiger partial charge on any atom is -0.397 e. The van der Waals surface area contributed by atoms with E-state index in [9.17, 15) is 0 Å². The number of rotatable bonds is 2. The van der Waals surface area contributed by atoms with Crippen molar-refractivity contribution in [3.8, 4) is 0 Å². The zero-order valence-corrected chi connectivity index (χ0v) is 10.1. The smallest absolute Gasteiger partial charge is 0.0672 e. The fourth-order valence-corrected chi connectivity index (χ4v) is 1.91. The molecule has 4 heteroatoms. The van der Waals surface area contributed by atoms with E-state index in [0.717, 1.165) is 22.3 Å². The van der Waals surface area contributed by atoms with Crippen LogP contribution in [0.3, 0.4) is 0 Å². The van der Waals surface area contributed by atoms with Gasteiger partial charge in [-0.3, -0.25) is 5.10 Å². The number of aromatic amines is 1. The van der Waals surface area contributed by atoms with Gasteiger partial charge in [0.05, 0.1) is 23.1 Å². The van der Waals surface area contributed by atoms with Crippen LogP contribution in [0.5, 0.6) is 0 Å². The second-order valence-corrected chi connectivity index (χ2v) is 4.39. The van der Waals surface area contributed by atoms with Crippen LogP contribution in [0.25, 0.3) is 10.9 Å². The number of nitrogens with zero attached hydrogens (tertiary/aromatic N) is 1. The summed E-state index contributed by atoms with van der Waals surface area (Å²) in [5.74, 6) is 0. The van der Waals surface area contributed by atoms with Crippen molar-refractivity contribution in [1.82, 2.24) is 10.2 Å². The van der Waals surface area contributed by atoms with E-state index < -0.39 is 0 Å². The molecule has 0 radical (unpaired) electrons. The molecule has 0 aliphatic rings. The number of nitrogen functional groups attached to an aromatic ring is 1. The van der Waals surface area contributed by atoms with Gasteiger partial charge in [-0.2, -0.15) is 5.10 Å². The van der Waals surface area contributed by atoms with Crippen molar-refractivity contribution in [2.45, 2.75) is 6.92 Å². The molecule has 1 heterocycles. The lowest BCUT2D eigenvalue weighted by Gasteiger charge is -2.09. The first-order valence-electron chi connectivity index (χ1n) is 5.79. The van der Waals surface area contributed by atoms with Gasteiger partial charge in [0.25, 0.3) is 0 Å². The Bertz CT molecular complexity index is 683. The first-order chi connectivity index (χ1) is 8.72. The summed E-state index contributed by atoms with van der Waals surface area (Å²) in [7, 11) is 0. The lowest BCUT2D eigenvalue weighted by Crippen LogP contribution is -1.96. The molecule has 0 fully saturated rings. The van der Waals surface area contributed by atoms with Gasteiger partial charge < -0.3 is 11.1 Å². The van der Waals surface area contributed by atoms with Crippen molar-refractivity contribution in [1.29, 1.82) is 0 Å². The highest BCUT2D eigenvalue weighted by molar-refractivity contribution is 5.89. The summed E-state index contributed by atoms with van der Waals surface area (Å²) in [4.78, 5) is 0. The zero-order valence-electron chi connectivity index (χ0n) is 10.1. The molecular weight excluding hydrogens is 224 g/mol. The fourth-order valence-electron chi connectivity index (χ4n) is 1.91. The van der Waals surface area contributed by atoms with E-state index in [1.807, 2.05) is 24.3 Å². The number of nitrogens with two attached hydrogens (primary N) is 1. The summed E-state index contributed by atoms with van der Waals surface area (Å²) >= 11 is 0. The highest BCUT2D eigenvalue weighted by Gasteiger charge is 2.04. The fraction of sp³-hybridized carbons (Fsp3) is 0.0714. The summed E-state index contributed by atoms with van der Waals surface area (Å²) < 4.78 is 0. The van der Waals surface area contributed by atoms with Crippen LogP contribution >= 0.6 is 0 Å². The van der Waals surface area contributed by atoms with Gasteiger partial charge in [-0.25, -0.2) is 0 Å². The molecule has 0 aliphatic heterocycles. The van der Waals surface area contributed by atoms with Gasteiger partial charge in [0.2, 0.25) is 0 Å². The van der Waals surface area contributed by atoms with E-state index in [-0.39, 0.29) is 0 Å². The molecule has 0 saturated heterocycles. The Morgan fingerprint density at radius 2 is 1.94 bits per heavy atom. The van der Waals surface area contributed by atoms with Crippen molar-refractivity contribution in [3.05, 3.63) is 48.2 Å². The van der Waals surface area contributed by atoms with Crippen molar-refractivity contribution in [2.24, 2.45) is 0 Å². The van der Waals surface area contributed by atoms with Crippen molar-refractivity contribution < 1.29 is 0 Å². The van der Waals surface area contributed by atoms with E-state index >= 15 is 0 Å². The van der Waals surface area contributed by atoms with Crippen LogP contribution in [0.15, 0.2) is 42.6 Å². The lowest BCUT2D eigenvalue weighted by molar-refractivity contribution is 1.12. The minimum absolute atomic E-state index is 0.712. The molecular formula is C14H14N4. The molecule has 0 amide bonds. The Hall–Kier alpha value is -2.49. The van der Waals surface area contributed by atoms with E-state index in [2.05, 4.69) is 34.6 Å². The van der Waals surface area contributed by atoms with Gasteiger partial charge in [-0.15, -0.1) is 0 Å². The summed E-state index contributed by atoms with van der Waals surface area (Å²) in [6.07, 6.45) is 1.77. The third-order valence-electron chi connectivity index (χ3n) is 2.94. The van der Waals surface area contributed by atoms with Crippen LogP contribution in [0.2, 0.25) is 0 Å². The number of benzene rings is 2. The molecule has 1 aromatic heterocycles. The number of hydrogen-bond donors (Lipinski definition) is 3. The van der Waals surface area contributed by atoms with Crippen molar-refractivity contribution in [3.63, 3.8) is 0 Å². The van der Waals surface area contributed by atoms with Crippen LogP contribution in [0, 0.1) is 6.92 Å². The first-order valence-corrected chi connectivity index (χ1v) is 5.79. The van der Waals surface area contributed by atoms with E-state index in [1.165, 1.54) is 5.56 Å². The molecule has 4 nitrogen and oxygen atoms in total. The molecule has 0 aliphatic carbocycles. The van der Waals surface area contributed by atoms with Gasteiger partial charge >= 0.3 is 0 Å². The molecule has 0 spiro atoms. The number of nitrogens with one attached hydrogen (secondary N) is 2. The quantitative estimate of drug-likeness (QED) is 0.600. The van der Waals surface area contributed by atoms with Crippen molar-refractivity contribution >= 4 is 28.0 Å². The molecule has 0 atom stereocenters. The topological polar surface area (TPSA) is 66.7 Å². The third-order valence-corrected chi connectivity index (χ3v) is 2.94. The molecule has 4 N–H and O–H groups in total. The molecule has 2 aromatic carbocycles. The second-order valence-electron chi connectivity index (χ2n) is 4.39. The summed E-state index contributed by atoms with van der Waals surface area (Å²) in [5.41, 5.74) is 10.8. The monoisotopic (exact) mass is 238 g/mol. The average molecular weight is 238 g/mol. The number of hydrogen-bond acceptors (Lipinski definition) is 3. The van der Waals surface area contributed by atoms with Crippen LogP contribution < -0.4 is 11.1 Å². The normalized spacial score (nSPS) is 10.7. The molecule has 0 saturated carbocycles. The van der Waals surface area contributed by atoms with Gasteiger partial charge in [0.15, 0.2) is 0 Å². The molecule has 3 aromatic rings. The van der Waals surface area contributed by atoms with Crippen LogP contribution in [-0.2, 0) is 0 Å². The molecule has 90 valence electrons. The Kier molecular flexibility index (Phi) is 2.41. The van der Waals surface area contributed by atoms with E-state index in [0.29, 0.717) is 5.69 Å². The highest BCUT2D eigenvalue weighted by atomic mass is 15.1. The van der Waals surface area contributed by atoms with Gasteiger partial charge in [-0.1, -0.05) is 17.7 Å². The number of aromatic nitrogens is 2. The lowest BCUT2D eigenvalue weighted by atomic mass is 10.2. The van der Waals surface area contributed by atoms with Crippen LogP contribution in [0.4, 0.5) is 17.1 Å². The predicted octanol–water partition coefficient (Wildman–Crippen LogP) is 3.20. The Labute approximate surface area is 105 Å². The van der Waals surface area contributed by atoms with Crippen molar-refractivity contribution in [2.75, 3.05) is 11.1 Å². The van der Waals surface area contributed by atoms with Gasteiger partial charge in [-0.05, 0) is 31.2 Å². The zero-order chi connectivity index (χ0) is 12.5. The largest absolute Gasteiger partial charge is 0.397 e. The second kappa shape index (κ2) is 4.07. The number of anilines is 3. The number of H-pyrrole nitrogens is 1. The van der Waals surface area contributed by atoms with Crippen LogP contribution in [-0.4, -0.2) is 10.2 Å². The highest BCUT2D eigenvalue weighted by Crippen LogP contribution is 2.27. The number of aryl methyl sites for hydroxylation is 1. The maximum Gasteiger partial charge on any atom is 0.0672 e. The molecule has 18 heavy (non-hydrogen) atoms. The van der Waals surface area contributed by atoms with E-state index in [1.54, 1.807) is 6.20 Å². The maximum absolute atomic E-state index is 6.02. The Morgan fingerprint density at radius 1 is 1.17 bits per heavy atom. The van der Waals surface area contributed by atoms with Crippen LogP contribution in [0.1, 0.15) is 5.56 Å². The third kappa shape index (κ3) is 1.88. The number of fused-ring (bicyclic) bond motifs is 1. The average Bonchev–Trinajstić information content (AvgIpc) is 2.79. The maximum atomic E-state index is 6.02. The minimum atomic E-state index is 0.712. The summed E-state index contributed by atoms with van der Waals surface area (Å²) in [6, 6.07) is 12.1. The summed E-state index contributed by atoms with van der Waals surface area (Å²) in [6.45, 7) is 2.06. The SMILES string of the molecule is Cc1ccc(Nc2cc3[nH]ncc3cc2N)cc1. The van der Waals surface area contributed by atoms with Gasteiger partial charge in [0, 0.05) is 11.1 Å². The van der Waals surface area contributed by atoms with E-state index in [4.69, 9.17) is 5.73 Å². The van der Waals surface area contributed by atoms with Gasteiger partial charge in [0.1, 0.15) is 0 Å². The first kappa shape index (κ1) is 10.7. The molecule has 0 unspecified atom stereocenters. The Balaban J connectivity index is 1.98.